The summed E-state index contributed by atoms with van der Waals surface area (Å²) in [7, 11) is 0. The van der Waals surface area contributed by atoms with Crippen molar-refractivity contribution in [3.63, 3.8) is 0 Å². The first kappa shape index (κ1) is 19.6. The van der Waals surface area contributed by atoms with Gasteiger partial charge >= 0.3 is 0 Å². The van der Waals surface area contributed by atoms with E-state index in [1.165, 1.54) is 11.3 Å². The molecule has 0 spiro atoms. The van der Waals surface area contributed by atoms with Crippen molar-refractivity contribution in [1.29, 1.82) is 0 Å². The van der Waals surface area contributed by atoms with Gasteiger partial charge < -0.3 is 0 Å². The number of benzene rings is 1. The minimum atomic E-state index is -0.264. The van der Waals surface area contributed by atoms with Crippen LogP contribution in [0, 0.1) is 6.92 Å². The molecule has 4 nitrogen and oxygen atoms in total. The topological polar surface area (TPSA) is 46.1 Å². The van der Waals surface area contributed by atoms with E-state index in [1.807, 2.05) is 31.2 Å². The van der Waals surface area contributed by atoms with Gasteiger partial charge in [-0.2, -0.15) is 0 Å². The fraction of sp³-hybridized carbons (Fsp3) is 0.105. The van der Waals surface area contributed by atoms with Crippen molar-refractivity contribution in [2.24, 2.45) is 0 Å². The summed E-state index contributed by atoms with van der Waals surface area (Å²) >= 11 is 21.0. The minimum absolute atomic E-state index is 0.264. The van der Waals surface area contributed by atoms with E-state index in [9.17, 15) is 4.79 Å². The predicted molar refractivity (Wildman–Crippen MR) is 118 cm³/mol. The predicted octanol–water partition coefficient (Wildman–Crippen LogP) is 6.87. The maximum atomic E-state index is 13.3. The average Bonchev–Trinajstić information content (AvgIpc) is 3.22. The zero-order valence-corrected chi connectivity index (χ0v) is 18.3. The summed E-state index contributed by atoms with van der Waals surface area (Å²) in [5, 5.41) is 1.20. The number of hydrogen-bond donors (Lipinski definition) is 0. The highest BCUT2D eigenvalue weighted by atomic mass is 35.5. The quantitative estimate of drug-likeness (QED) is 0.328. The monoisotopic (exact) mass is 467 g/mol. The van der Waals surface area contributed by atoms with Crippen LogP contribution in [-0.2, 0) is 6.54 Å². The first-order valence-electron chi connectivity index (χ1n) is 8.14. The number of rotatable bonds is 4. The number of amides is 1. The highest BCUT2D eigenvalue weighted by Gasteiger charge is 2.25. The molecule has 3 heterocycles. The van der Waals surface area contributed by atoms with E-state index in [1.54, 1.807) is 23.4 Å². The van der Waals surface area contributed by atoms with Gasteiger partial charge in [-0.1, -0.05) is 52.2 Å². The lowest BCUT2D eigenvalue weighted by Gasteiger charge is -2.19. The van der Waals surface area contributed by atoms with E-state index < -0.39 is 0 Å². The summed E-state index contributed by atoms with van der Waals surface area (Å²) in [6.45, 7) is 2.25. The minimum Gasteiger partial charge on any atom is -0.279 e. The Hall–Kier alpha value is -1.70. The summed E-state index contributed by atoms with van der Waals surface area (Å²) in [4.78, 5) is 23.8. The molecule has 1 amide bonds. The zero-order chi connectivity index (χ0) is 19.8. The molecule has 1 aromatic carbocycles. The van der Waals surface area contributed by atoms with Crippen LogP contribution >= 0.6 is 57.5 Å². The SMILES string of the molecule is Cc1cc(Cl)cc2sc(N(Cc3cccnc3)C(=O)c3cc(Cl)sc3Cl)nc12. The van der Waals surface area contributed by atoms with E-state index in [0.717, 1.165) is 32.7 Å². The van der Waals surface area contributed by atoms with Crippen LogP contribution in [0.4, 0.5) is 5.13 Å². The molecule has 0 unspecified atom stereocenters. The number of hydrogen-bond acceptors (Lipinski definition) is 5. The number of thiazole rings is 1. The third-order valence-electron chi connectivity index (χ3n) is 4.07. The Morgan fingerprint density at radius 3 is 2.68 bits per heavy atom. The van der Waals surface area contributed by atoms with Crippen LogP contribution in [0.2, 0.25) is 13.7 Å². The van der Waals surface area contributed by atoms with Gasteiger partial charge in [-0.3, -0.25) is 14.7 Å². The Bertz CT molecular complexity index is 1170. The first-order chi connectivity index (χ1) is 13.4. The van der Waals surface area contributed by atoms with Crippen molar-refractivity contribution in [2.75, 3.05) is 4.90 Å². The number of aromatic nitrogens is 2. The number of carbonyl (C=O) groups is 1. The largest absolute Gasteiger partial charge is 0.279 e. The van der Waals surface area contributed by atoms with Gasteiger partial charge in [0, 0.05) is 17.4 Å². The molecule has 9 heteroatoms. The van der Waals surface area contributed by atoms with Gasteiger partial charge in [0.2, 0.25) is 0 Å². The molecule has 28 heavy (non-hydrogen) atoms. The zero-order valence-electron chi connectivity index (χ0n) is 14.4. The number of nitrogens with zero attached hydrogens (tertiary/aromatic N) is 3. The molecule has 3 aromatic heterocycles. The normalized spacial score (nSPS) is 11.1. The van der Waals surface area contributed by atoms with Gasteiger partial charge in [0.05, 0.1) is 26.7 Å². The van der Waals surface area contributed by atoms with Crippen molar-refractivity contribution in [3.05, 3.63) is 73.1 Å². The number of thiophene rings is 1. The van der Waals surface area contributed by atoms with Gasteiger partial charge in [-0.25, -0.2) is 4.98 Å². The molecule has 0 aliphatic rings. The second kappa shape index (κ2) is 7.97. The average molecular weight is 469 g/mol. The molecular weight excluding hydrogens is 457 g/mol. The second-order valence-corrected chi connectivity index (χ2v) is 9.79. The number of halogens is 3. The molecule has 0 N–H and O–H groups in total. The maximum absolute atomic E-state index is 13.3. The molecular formula is C19H12Cl3N3OS2. The molecule has 0 saturated carbocycles. The van der Waals surface area contributed by atoms with Gasteiger partial charge in [0.1, 0.15) is 4.34 Å². The van der Waals surface area contributed by atoms with Crippen molar-refractivity contribution < 1.29 is 4.79 Å². The smallest absolute Gasteiger partial charge is 0.262 e. The molecule has 0 radical (unpaired) electrons. The number of aryl methyl sites for hydroxylation is 1. The Balaban J connectivity index is 1.82. The van der Waals surface area contributed by atoms with Crippen LogP contribution in [0.15, 0.2) is 42.7 Å². The summed E-state index contributed by atoms with van der Waals surface area (Å²) in [5.41, 5.74) is 3.01. The van der Waals surface area contributed by atoms with E-state index in [4.69, 9.17) is 39.8 Å². The van der Waals surface area contributed by atoms with Crippen molar-refractivity contribution in [2.45, 2.75) is 13.5 Å². The van der Waals surface area contributed by atoms with Crippen LogP contribution in [0.5, 0.6) is 0 Å². The first-order valence-corrected chi connectivity index (χ1v) is 10.9. The Kier molecular flexibility index (Phi) is 5.58. The summed E-state index contributed by atoms with van der Waals surface area (Å²) in [6, 6.07) is 9.03. The highest BCUT2D eigenvalue weighted by Crippen LogP contribution is 2.37. The molecule has 0 atom stereocenters. The lowest BCUT2D eigenvalue weighted by atomic mass is 10.2. The number of pyridine rings is 1. The Morgan fingerprint density at radius 1 is 1.18 bits per heavy atom. The van der Waals surface area contributed by atoms with Crippen LogP contribution in [-0.4, -0.2) is 15.9 Å². The molecule has 0 aliphatic heterocycles. The van der Waals surface area contributed by atoms with Gasteiger partial charge in [0.25, 0.3) is 5.91 Å². The number of carbonyl (C=O) groups excluding carboxylic acids is 1. The van der Waals surface area contributed by atoms with Gasteiger partial charge in [-0.15, -0.1) is 11.3 Å². The molecule has 4 rings (SSSR count). The fourth-order valence-electron chi connectivity index (χ4n) is 2.79. The highest BCUT2D eigenvalue weighted by molar-refractivity contribution is 7.22. The summed E-state index contributed by atoms with van der Waals surface area (Å²) in [5.74, 6) is -0.264. The fourth-order valence-corrected chi connectivity index (χ4v) is 5.66. The maximum Gasteiger partial charge on any atom is 0.262 e. The Morgan fingerprint density at radius 2 is 2.00 bits per heavy atom. The van der Waals surface area contributed by atoms with Crippen molar-refractivity contribution >= 4 is 78.7 Å². The Labute approximate surface area is 184 Å². The van der Waals surface area contributed by atoms with Crippen molar-refractivity contribution in [3.8, 4) is 0 Å². The van der Waals surface area contributed by atoms with Gasteiger partial charge in [-0.05, 0) is 42.3 Å². The summed E-state index contributed by atoms with van der Waals surface area (Å²) < 4.78 is 1.73. The van der Waals surface area contributed by atoms with Crippen molar-refractivity contribution in [1.82, 2.24) is 9.97 Å². The lowest BCUT2D eigenvalue weighted by molar-refractivity contribution is 0.0985. The van der Waals surface area contributed by atoms with Crippen LogP contribution in [0.25, 0.3) is 10.2 Å². The van der Waals surface area contributed by atoms with E-state index in [-0.39, 0.29) is 5.91 Å². The van der Waals surface area contributed by atoms with E-state index in [2.05, 4.69) is 4.98 Å². The van der Waals surface area contributed by atoms with Crippen LogP contribution < -0.4 is 4.90 Å². The molecule has 142 valence electrons. The second-order valence-electron chi connectivity index (χ2n) is 6.06. The molecule has 0 fully saturated rings. The standard InChI is InChI=1S/C19H12Cl3N3OS2/c1-10-5-12(20)6-14-16(10)24-19(27-14)25(9-11-3-2-4-23-8-11)18(26)13-7-15(21)28-17(13)22/h2-8H,9H2,1H3. The molecule has 0 aliphatic carbocycles. The van der Waals surface area contributed by atoms with Gasteiger partial charge in [0.15, 0.2) is 5.13 Å². The van der Waals surface area contributed by atoms with E-state index in [0.29, 0.717) is 30.9 Å². The molecule has 0 bridgehead atoms. The third kappa shape index (κ3) is 3.88. The van der Waals surface area contributed by atoms with E-state index >= 15 is 0 Å². The van der Waals surface area contributed by atoms with Crippen LogP contribution in [0.3, 0.4) is 0 Å². The number of fused-ring (bicyclic) bond motifs is 1. The molecule has 4 aromatic rings. The lowest BCUT2D eigenvalue weighted by Crippen LogP contribution is -2.30. The number of anilines is 1. The molecule has 0 saturated heterocycles. The summed E-state index contributed by atoms with van der Waals surface area (Å²) in [6.07, 6.45) is 3.41. The third-order valence-corrected chi connectivity index (χ3v) is 6.80. The van der Waals surface area contributed by atoms with Crippen LogP contribution in [0.1, 0.15) is 21.5 Å².